The largest absolute Gasteiger partial charge is 0.486 e. The molecule has 1 aromatic rings. The molecule has 0 aromatic heterocycles. The predicted molar refractivity (Wildman–Crippen MR) is 70.5 cm³/mol. The van der Waals surface area contributed by atoms with Crippen molar-refractivity contribution in [2.24, 2.45) is 0 Å². The summed E-state index contributed by atoms with van der Waals surface area (Å²) in [6.07, 6.45) is 0.977. The van der Waals surface area contributed by atoms with Gasteiger partial charge in [-0.3, -0.25) is 0 Å². The van der Waals surface area contributed by atoms with Crippen molar-refractivity contribution in [2.75, 3.05) is 33.5 Å². The first kappa shape index (κ1) is 13.2. The van der Waals surface area contributed by atoms with Gasteiger partial charge >= 0.3 is 0 Å². The molecule has 1 N–H and O–H groups in total. The normalized spacial score (nSPS) is 15.4. The molecule has 18 heavy (non-hydrogen) atoms. The summed E-state index contributed by atoms with van der Waals surface area (Å²) < 4.78 is 16.1. The summed E-state index contributed by atoms with van der Waals surface area (Å²) in [5, 5.41) is 3.42. The maximum atomic E-state index is 5.56. The van der Waals surface area contributed by atoms with Gasteiger partial charge in [-0.25, -0.2) is 0 Å². The van der Waals surface area contributed by atoms with Crippen LogP contribution in [0.3, 0.4) is 0 Å². The monoisotopic (exact) mass is 251 g/mol. The van der Waals surface area contributed by atoms with Crippen molar-refractivity contribution in [1.29, 1.82) is 0 Å². The number of nitrogens with one attached hydrogen (secondary N) is 1. The van der Waals surface area contributed by atoms with Crippen LogP contribution < -0.4 is 14.8 Å². The zero-order chi connectivity index (χ0) is 12.8. The van der Waals surface area contributed by atoms with Gasteiger partial charge in [0.2, 0.25) is 0 Å². The first-order valence-corrected chi connectivity index (χ1v) is 6.40. The molecule has 0 amide bonds. The van der Waals surface area contributed by atoms with Crippen molar-refractivity contribution >= 4 is 0 Å². The van der Waals surface area contributed by atoms with E-state index in [4.69, 9.17) is 14.2 Å². The van der Waals surface area contributed by atoms with E-state index in [0.29, 0.717) is 19.3 Å². The van der Waals surface area contributed by atoms with Gasteiger partial charge in [-0.15, -0.1) is 0 Å². The molecule has 2 rings (SSSR count). The minimum atomic E-state index is 0.382. The minimum Gasteiger partial charge on any atom is -0.486 e. The van der Waals surface area contributed by atoms with E-state index in [0.717, 1.165) is 31.1 Å². The standard InChI is InChI=1S/C14H21NO3/c1-11(10-16-2)15-6-5-12-3-4-13-14(9-12)18-8-7-17-13/h3-4,9,11,15H,5-8,10H2,1-2H3. The Bertz CT molecular complexity index is 381. The van der Waals surface area contributed by atoms with Crippen molar-refractivity contribution < 1.29 is 14.2 Å². The smallest absolute Gasteiger partial charge is 0.161 e. The van der Waals surface area contributed by atoms with Crippen molar-refractivity contribution in [2.45, 2.75) is 19.4 Å². The van der Waals surface area contributed by atoms with Gasteiger partial charge < -0.3 is 19.5 Å². The summed E-state index contributed by atoms with van der Waals surface area (Å²) in [4.78, 5) is 0. The Hall–Kier alpha value is -1.26. The van der Waals surface area contributed by atoms with Crippen LogP contribution in [0.1, 0.15) is 12.5 Å². The molecule has 0 radical (unpaired) electrons. The molecule has 0 fully saturated rings. The molecule has 1 atom stereocenters. The maximum absolute atomic E-state index is 5.56. The van der Waals surface area contributed by atoms with Gasteiger partial charge in [-0.1, -0.05) is 6.07 Å². The highest BCUT2D eigenvalue weighted by Crippen LogP contribution is 2.30. The van der Waals surface area contributed by atoms with Gasteiger partial charge in [0, 0.05) is 13.2 Å². The predicted octanol–water partition coefficient (Wildman–Crippen LogP) is 1.62. The second-order valence-corrected chi connectivity index (χ2v) is 4.54. The number of fused-ring (bicyclic) bond motifs is 1. The van der Waals surface area contributed by atoms with E-state index in [1.54, 1.807) is 7.11 Å². The third-order valence-corrected chi connectivity index (χ3v) is 2.93. The summed E-state index contributed by atoms with van der Waals surface area (Å²) in [7, 11) is 1.72. The minimum absolute atomic E-state index is 0.382. The van der Waals surface area contributed by atoms with Crippen LogP contribution in [0.25, 0.3) is 0 Å². The molecule has 0 aliphatic carbocycles. The van der Waals surface area contributed by atoms with Crippen LogP contribution >= 0.6 is 0 Å². The second kappa shape index (κ2) is 6.61. The first-order chi connectivity index (χ1) is 8.79. The molecule has 100 valence electrons. The number of hydrogen-bond donors (Lipinski definition) is 1. The van der Waals surface area contributed by atoms with E-state index in [1.165, 1.54) is 5.56 Å². The first-order valence-electron chi connectivity index (χ1n) is 6.40. The molecule has 4 heteroatoms. The molecule has 4 nitrogen and oxygen atoms in total. The highest BCUT2D eigenvalue weighted by atomic mass is 16.6. The molecular weight excluding hydrogens is 230 g/mol. The summed E-state index contributed by atoms with van der Waals surface area (Å²) in [5.41, 5.74) is 1.26. The third kappa shape index (κ3) is 3.62. The van der Waals surface area contributed by atoms with Gasteiger partial charge in [0.15, 0.2) is 11.5 Å². The maximum Gasteiger partial charge on any atom is 0.161 e. The van der Waals surface area contributed by atoms with Crippen LogP contribution in [0.15, 0.2) is 18.2 Å². The SMILES string of the molecule is COCC(C)NCCc1ccc2c(c1)OCCO2. The highest BCUT2D eigenvalue weighted by Gasteiger charge is 2.11. The molecule has 0 bridgehead atoms. The lowest BCUT2D eigenvalue weighted by Gasteiger charge is -2.19. The van der Waals surface area contributed by atoms with Crippen molar-refractivity contribution in [3.63, 3.8) is 0 Å². The average Bonchev–Trinajstić information content (AvgIpc) is 2.39. The van der Waals surface area contributed by atoms with E-state index in [-0.39, 0.29) is 0 Å². The Kier molecular flexibility index (Phi) is 4.84. The van der Waals surface area contributed by atoms with Crippen LogP contribution in [-0.2, 0) is 11.2 Å². The summed E-state index contributed by atoms with van der Waals surface area (Å²) in [5.74, 6) is 1.72. The number of ether oxygens (including phenoxy) is 3. The van der Waals surface area contributed by atoms with Gasteiger partial charge in [-0.05, 0) is 37.6 Å². The zero-order valence-corrected chi connectivity index (χ0v) is 11.1. The molecule has 1 aromatic carbocycles. The van der Waals surface area contributed by atoms with Crippen LogP contribution in [0.5, 0.6) is 11.5 Å². The van der Waals surface area contributed by atoms with Gasteiger partial charge in [-0.2, -0.15) is 0 Å². The summed E-state index contributed by atoms with van der Waals surface area (Å²) >= 11 is 0. The molecule has 1 heterocycles. The summed E-state index contributed by atoms with van der Waals surface area (Å²) in [6, 6.07) is 6.53. The molecule has 0 saturated heterocycles. The molecule has 0 spiro atoms. The Morgan fingerprint density at radius 2 is 2.06 bits per heavy atom. The fourth-order valence-electron chi connectivity index (χ4n) is 2.02. The third-order valence-electron chi connectivity index (χ3n) is 2.93. The molecule has 1 aliphatic heterocycles. The number of rotatable bonds is 6. The highest BCUT2D eigenvalue weighted by molar-refractivity contribution is 5.43. The Labute approximate surface area is 108 Å². The van der Waals surface area contributed by atoms with Crippen LogP contribution in [0, 0.1) is 0 Å². The van der Waals surface area contributed by atoms with Gasteiger partial charge in [0.05, 0.1) is 6.61 Å². The van der Waals surface area contributed by atoms with Crippen molar-refractivity contribution in [1.82, 2.24) is 5.32 Å². The van der Waals surface area contributed by atoms with E-state index in [1.807, 2.05) is 6.07 Å². The number of benzene rings is 1. The van der Waals surface area contributed by atoms with E-state index in [2.05, 4.69) is 24.4 Å². The molecular formula is C14H21NO3. The van der Waals surface area contributed by atoms with Gasteiger partial charge in [0.1, 0.15) is 13.2 Å². The zero-order valence-electron chi connectivity index (χ0n) is 11.1. The lowest BCUT2D eigenvalue weighted by Crippen LogP contribution is -2.31. The molecule has 1 unspecified atom stereocenters. The lowest BCUT2D eigenvalue weighted by molar-refractivity contribution is 0.171. The Morgan fingerprint density at radius 1 is 1.28 bits per heavy atom. The van der Waals surface area contributed by atoms with Crippen LogP contribution in [0.4, 0.5) is 0 Å². The van der Waals surface area contributed by atoms with Crippen LogP contribution in [-0.4, -0.2) is 39.5 Å². The van der Waals surface area contributed by atoms with Crippen molar-refractivity contribution in [3.8, 4) is 11.5 Å². The average molecular weight is 251 g/mol. The Morgan fingerprint density at radius 3 is 2.83 bits per heavy atom. The van der Waals surface area contributed by atoms with Crippen molar-refractivity contribution in [3.05, 3.63) is 23.8 Å². The van der Waals surface area contributed by atoms with E-state index >= 15 is 0 Å². The number of methoxy groups -OCH3 is 1. The fourth-order valence-corrected chi connectivity index (χ4v) is 2.02. The molecule has 0 saturated carbocycles. The fraction of sp³-hybridized carbons (Fsp3) is 0.571. The van der Waals surface area contributed by atoms with E-state index < -0.39 is 0 Å². The van der Waals surface area contributed by atoms with Crippen LogP contribution in [0.2, 0.25) is 0 Å². The summed E-state index contributed by atoms with van der Waals surface area (Å²) in [6.45, 7) is 5.07. The number of hydrogen-bond acceptors (Lipinski definition) is 4. The van der Waals surface area contributed by atoms with E-state index in [9.17, 15) is 0 Å². The topological polar surface area (TPSA) is 39.7 Å². The molecule has 1 aliphatic rings. The Balaban J connectivity index is 1.82. The van der Waals surface area contributed by atoms with Gasteiger partial charge in [0.25, 0.3) is 0 Å². The quantitative estimate of drug-likeness (QED) is 0.834. The second-order valence-electron chi connectivity index (χ2n) is 4.54. The lowest BCUT2D eigenvalue weighted by atomic mass is 10.1.